The van der Waals surface area contributed by atoms with Crippen molar-refractivity contribution < 1.29 is 10.3 Å². The van der Waals surface area contributed by atoms with Crippen LogP contribution in [0.15, 0.2) is 36.9 Å². The monoisotopic (exact) mass is 335 g/mol. The fraction of sp³-hybridized carbons (Fsp3) is 0. The maximum absolute atomic E-state index is 8.36. The van der Waals surface area contributed by atoms with Gasteiger partial charge in [-0.1, -0.05) is 40.9 Å². The highest BCUT2D eigenvalue weighted by Crippen LogP contribution is 2.29. The quantitative estimate of drug-likeness (QED) is 0.663. The summed E-state index contributed by atoms with van der Waals surface area (Å²) in [5, 5.41) is 15.3. The molecule has 0 bridgehead atoms. The molecule has 9 heteroatoms. The first kappa shape index (κ1) is 16.3. The van der Waals surface area contributed by atoms with E-state index in [0.29, 0.717) is 15.1 Å². The zero-order chi connectivity index (χ0) is 15.1. The summed E-state index contributed by atoms with van der Waals surface area (Å²) in [7, 11) is 0. The average molecular weight is 337 g/mol. The standard InChI is InChI=1S/C11H7Cl3N2.HNO3/c12-8-1-2-9(10(13)5-8)11(14)6-16-4-3-15-7-16;2-1(3)4/h1-7H;(H,2,3,4)/b11-6-;. The van der Waals surface area contributed by atoms with Crippen molar-refractivity contribution in [3.8, 4) is 0 Å². The number of hydrogen-bond donors (Lipinski definition) is 1. The number of aromatic nitrogens is 2. The van der Waals surface area contributed by atoms with E-state index < -0.39 is 5.09 Å². The minimum absolute atomic E-state index is 0.522. The van der Waals surface area contributed by atoms with Crippen molar-refractivity contribution in [1.82, 2.24) is 9.55 Å². The highest BCUT2D eigenvalue weighted by molar-refractivity contribution is 6.52. The minimum Gasteiger partial charge on any atom is -0.328 e. The van der Waals surface area contributed by atoms with Gasteiger partial charge in [-0.05, 0) is 12.1 Å². The highest BCUT2D eigenvalue weighted by Gasteiger charge is 2.04. The van der Waals surface area contributed by atoms with Gasteiger partial charge in [-0.25, -0.2) is 4.98 Å². The molecule has 1 heterocycles. The number of nitrogens with zero attached hydrogens (tertiary/aromatic N) is 3. The number of benzene rings is 1. The molecule has 0 aliphatic heterocycles. The van der Waals surface area contributed by atoms with Crippen molar-refractivity contribution in [1.29, 1.82) is 0 Å². The van der Waals surface area contributed by atoms with Gasteiger partial charge in [0.05, 0.1) is 16.4 Å². The predicted octanol–water partition coefficient (Wildman–Crippen LogP) is 4.04. The lowest BCUT2D eigenvalue weighted by Gasteiger charge is -2.03. The van der Waals surface area contributed by atoms with Gasteiger partial charge in [0.1, 0.15) is 0 Å². The number of hydrogen-bond acceptors (Lipinski definition) is 3. The number of imidazole rings is 1. The van der Waals surface area contributed by atoms with E-state index in [0.717, 1.165) is 5.56 Å². The molecule has 0 saturated heterocycles. The molecule has 0 aliphatic carbocycles. The Kier molecular flexibility index (Phi) is 6.30. The maximum atomic E-state index is 8.36. The first-order valence-electron chi connectivity index (χ1n) is 5.03. The van der Waals surface area contributed by atoms with Gasteiger partial charge < -0.3 is 9.77 Å². The van der Waals surface area contributed by atoms with Gasteiger partial charge in [-0.2, -0.15) is 0 Å². The SMILES string of the molecule is Cl/C(=C\n1ccnc1)c1ccc(Cl)cc1Cl.O=[N+]([O-])O. The molecule has 2 aromatic rings. The van der Waals surface area contributed by atoms with Crippen LogP contribution < -0.4 is 0 Å². The van der Waals surface area contributed by atoms with E-state index in [-0.39, 0.29) is 0 Å². The van der Waals surface area contributed by atoms with E-state index in [1.165, 1.54) is 0 Å². The third kappa shape index (κ3) is 5.48. The molecule has 6 nitrogen and oxygen atoms in total. The topological polar surface area (TPSA) is 81.2 Å². The van der Waals surface area contributed by atoms with Crippen molar-refractivity contribution in [3.05, 3.63) is 62.6 Å². The normalized spacial score (nSPS) is 10.7. The van der Waals surface area contributed by atoms with Gasteiger partial charge in [-0.15, -0.1) is 10.1 Å². The van der Waals surface area contributed by atoms with Crippen LogP contribution in [-0.4, -0.2) is 19.8 Å². The second-order valence-corrected chi connectivity index (χ2v) is 4.60. The zero-order valence-corrected chi connectivity index (χ0v) is 12.0. The first-order valence-corrected chi connectivity index (χ1v) is 6.17. The molecule has 0 amide bonds. The van der Waals surface area contributed by atoms with Crippen LogP contribution >= 0.6 is 34.8 Å². The van der Waals surface area contributed by atoms with Crippen LogP contribution in [0.1, 0.15) is 5.56 Å². The van der Waals surface area contributed by atoms with E-state index in [4.69, 9.17) is 50.1 Å². The van der Waals surface area contributed by atoms with Gasteiger partial charge in [-0.3, -0.25) is 0 Å². The summed E-state index contributed by atoms with van der Waals surface area (Å²) < 4.78 is 1.74. The van der Waals surface area contributed by atoms with E-state index in [9.17, 15) is 0 Å². The van der Waals surface area contributed by atoms with E-state index in [2.05, 4.69) is 4.98 Å². The van der Waals surface area contributed by atoms with Crippen LogP contribution in [0, 0.1) is 10.1 Å². The van der Waals surface area contributed by atoms with Crippen LogP contribution in [0.25, 0.3) is 11.2 Å². The summed E-state index contributed by atoms with van der Waals surface area (Å²) in [6, 6.07) is 5.18. The van der Waals surface area contributed by atoms with Crippen LogP contribution in [0.2, 0.25) is 10.0 Å². The molecule has 0 aliphatic rings. The Morgan fingerprint density at radius 3 is 2.60 bits per heavy atom. The van der Waals surface area contributed by atoms with E-state index in [1.54, 1.807) is 47.7 Å². The van der Waals surface area contributed by atoms with Gasteiger partial charge in [0, 0.05) is 29.2 Å². The molecule has 0 spiro atoms. The Labute approximate surface area is 128 Å². The molecular weight excluding hydrogens is 328 g/mol. The number of halogens is 3. The molecule has 0 fully saturated rings. The lowest BCUT2D eigenvalue weighted by molar-refractivity contribution is -0.742. The maximum Gasteiger partial charge on any atom is 0.291 e. The summed E-state index contributed by atoms with van der Waals surface area (Å²) in [4.78, 5) is 12.3. The first-order chi connectivity index (χ1) is 9.40. The summed E-state index contributed by atoms with van der Waals surface area (Å²) in [5.74, 6) is 0. The fourth-order valence-corrected chi connectivity index (χ4v) is 2.07. The Morgan fingerprint density at radius 1 is 1.45 bits per heavy atom. The smallest absolute Gasteiger partial charge is 0.291 e. The fourth-order valence-electron chi connectivity index (χ4n) is 1.23. The minimum atomic E-state index is -1.50. The molecule has 1 aromatic carbocycles. The molecule has 106 valence electrons. The summed E-state index contributed by atoms with van der Waals surface area (Å²) in [6.07, 6.45) is 6.83. The Morgan fingerprint density at radius 2 is 2.10 bits per heavy atom. The second kappa shape index (κ2) is 7.74. The van der Waals surface area contributed by atoms with Crippen molar-refractivity contribution in [2.45, 2.75) is 0 Å². The lowest BCUT2D eigenvalue weighted by Crippen LogP contribution is -1.84. The van der Waals surface area contributed by atoms with E-state index >= 15 is 0 Å². The summed E-state index contributed by atoms with van der Waals surface area (Å²) in [5.41, 5.74) is 0.737. The van der Waals surface area contributed by atoms with Crippen LogP contribution in [0.5, 0.6) is 0 Å². The van der Waals surface area contributed by atoms with Crippen LogP contribution in [-0.2, 0) is 0 Å². The Bertz CT molecular complexity index is 611. The van der Waals surface area contributed by atoms with E-state index in [1.807, 2.05) is 0 Å². The van der Waals surface area contributed by atoms with Gasteiger partial charge >= 0.3 is 0 Å². The van der Waals surface area contributed by atoms with Crippen molar-refractivity contribution >= 4 is 46.0 Å². The van der Waals surface area contributed by atoms with Crippen molar-refractivity contribution in [2.75, 3.05) is 0 Å². The molecule has 0 unspecified atom stereocenters. The largest absolute Gasteiger partial charge is 0.328 e. The number of rotatable bonds is 2. The van der Waals surface area contributed by atoms with Crippen LogP contribution in [0.4, 0.5) is 0 Å². The molecule has 2 rings (SSSR count). The average Bonchev–Trinajstić information content (AvgIpc) is 2.80. The second-order valence-electron chi connectivity index (χ2n) is 3.35. The molecule has 1 aromatic heterocycles. The van der Waals surface area contributed by atoms with Crippen molar-refractivity contribution in [2.24, 2.45) is 0 Å². The summed E-state index contributed by atoms with van der Waals surface area (Å²) in [6.45, 7) is 0. The third-order valence-corrected chi connectivity index (χ3v) is 2.82. The molecule has 1 N–H and O–H groups in total. The Hall–Kier alpha value is -1.76. The third-order valence-electron chi connectivity index (χ3n) is 1.98. The molecule has 0 radical (unpaired) electrons. The lowest BCUT2D eigenvalue weighted by atomic mass is 10.2. The highest BCUT2D eigenvalue weighted by atomic mass is 35.5. The van der Waals surface area contributed by atoms with Gasteiger partial charge in [0.2, 0.25) is 0 Å². The van der Waals surface area contributed by atoms with Crippen LogP contribution in [0.3, 0.4) is 0 Å². The van der Waals surface area contributed by atoms with Gasteiger partial charge in [0.25, 0.3) is 5.09 Å². The predicted molar refractivity (Wildman–Crippen MR) is 77.5 cm³/mol. The molecule has 0 saturated carbocycles. The molecule has 20 heavy (non-hydrogen) atoms. The Balaban J connectivity index is 0.000000444. The van der Waals surface area contributed by atoms with Gasteiger partial charge in [0.15, 0.2) is 0 Å². The van der Waals surface area contributed by atoms with Crippen molar-refractivity contribution in [3.63, 3.8) is 0 Å². The molecule has 0 atom stereocenters. The summed E-state index contributed by atoms with van der Waals surface area (Å²) >= 11 is 18.0. The molecular formula is C11H8Cl3N3O3. The zero-order valence-electron chi connectivity index (χ0n) is 9.78.